The second kappa shape index (κ2) is 8.34. The summed E-state index contributed by atoms with van der Waals surface area (Å²) in [5.41, 5.74) is 1.76. The molecule has 0 saturated carbocycles. The lowest BCUT2D eigenvalue weighted by Gasteiger charge is -2.41. The number of hydrogen-bond acceptors (Lipinski definition) is 5. The summed E-state index contributed by atoms with van der Waals surface area (Å²) in [6.45, 7) is 10.1. The topological polar surface area (TPSA) is 66.6 Å². The molecule has 0 N–H and O–H groups in total. The molecule has 1 amide bonds. The van der Waals surface area contributed by atoms with Crippen molar-refractivity contribution in [3.63, 3.8) is 0 Å². The van der Waals surface area contributed by atoms with E-state index in [1.165, 1.54) is 6.07 Å². The van der Waals surface area contributed by atoms with Gasteiger partial charge in [0.2, 0.25) is 11.9 Å². The fourth-order valence-electron chi connectivity index (χ4n) is 4.66. The second-order valence-corrected chi connectivity index (χ2v) is 10.2. The number of carbonyl (C=O) groups is 1. The predicted octanol–water partition coefficient (Wildman–Crippen LogP) is 4.56. The minimum atomic E-state index is -0.359. The molecular weight excluding hydrogens is 431 g/mol. The number of aromatic nitrogens is 4. The molecule has 0 bridgehead atoms. The van der Waals surface area contributed by atoms with Gasteiger partial charge in [0, 0.05) is 37.5 Å². The maximum atomic E-state index is 14.7. The van der Waals surface area contributed by atoms with Crippen LogP contribution in [0.2, 0.25) is 0 Å². The predicted molar refractivity (Wildman–Crippen MR) is 131 cm³/mol. The van der Waals surface area contributed by atoms with Crippen LogP contribution in [0.5, 0.6) is 0 Å². The Morgan fingerprint density at radius 3 is 2.53 bits per heavy atom. The minimum Gasteiger partial charge on any atom is -0.338 e. The van der Waals surface area contributed by atoms with E-state index in [0.29, 0.717) is 49.0 Å². The van der Waals surface area contributed by atoms with E-state index >= 15 is 0 Å². The molecule has 0 spiro atoms. The van der Waals surface area contributed by atoms with E-state index in [0.717, 1.165) is 10.9 Å². The third-order valence-corrected chi connectivity index (χ3v) is 6.26. The number of halogens is 1. The Morgan fingerprint density at radius 2 is 1.79 bits per heavy atom. The first-order valence-electron chi connectivity index (χ1n) is 11.7. The number of piperazine rings is 1. The number of amides is 1. The first kappa shape index (κ1) is 22.3. The van der Waals surface area contributed by atoms with Crippen LogP contribution in [-0.4, -0.2) is 56.1 Å². The van der Waals surface area contributed by atoms with Crippen LogP contribution in [0.25, 0.3) is 27.9 Å². The minimum absolute atomic E-state index is 0.0142. The highest BCUT2D eigenvalue weighted by Crippen LogP contribution is 2.31. The van der Waals surface area contributed by atoms with E-state index in [1.54, 1.807) is 18.2 Å². The van der Waals surface area contributed by atoms with Crippen LogP contribution in [0.4, 0.5) is 10.3 Å². The van der Waals surface area contributed by atoms with Crippen molar-refractivity contribution in [2.24, 2.45) is 5.41 Å². The number of benzene rings is 2. The molecule has 3 heterocycles. The van der Waals surface area contributed by atoms with Gasteiger partial charge in [0.15, 0.2) is 11.5 Å². The van der Waals surface area contributed by atoms with Crippen LogP contribution < -0.4 is 4.90 Å². The summed E-state index contributed by atoms with van der Waals surface area (Å²) in [4.78, 5) is 22.0. The van der Waals surface area contributed by atoms with Crippen LogP contribution in [0.1, 0.15) is 34.1 Å². The molecule has 7 nitrogen and oxygen atoms in total. The lowest BCUT2D eigenvalue weighted by molar-refractivity contribution is -0.135. The van der Waals surface area contributed by atoms with E-state index in [2.05, 4.69) is 42.8 Å². The fourth-order valence-corrected chi connectivity index (χ4v) is 4.66. The second-order valence-electron chi connectivity index (χ2n) is 10.2. The Bertz CT molecular complexity index is 1370. The zero-order valence-electron chi connectivity index (χ0n) is 20.0. The number of carbonyl (C=O) groups excluding carboxylic acids is 1. The first-order chi connectivity index (χ1) is 16.2. The van der Waals surface area contributed by atoms with Crippen molar-refractivity contribution in [2.45, 2.75) is 40.2 Å². The van der Waals surface area contributed by atoms with Gasteiger partial charge in [0.1, 0.15) is 5.82 Å². The molecule has 4 aromatic rings. The number of nitrogens with zero attached hydrogens (tertiary/aromatic N) is 6. The van der Waals surface area contributed by atoms with Crippen molar-refractivity contribution in [2.75, 3.05) is 24.5 Å². The number of anilines is 1. The van der Waals surface area contributed by atoms with Gasteiger partial charge < -0.3 is 9.80 Å². The quantitative estimate of drug-likeness (QED) is 0.449. The van der Waals surface area contributed by atoms with Crippen LogP contribution in [-0.2, 0) is 4.79 Å². The van der Waals surface area contributed by atoms with Gasteiger partial charge in [-0.05, 0) is 36.6 Å². The lowest BCUT2D eigenvalue weighted by atomic mass is 9.91. The third kappa shape index (κ3) is 3.97. The molecule has 176 valence electrons. The Balaban J connectivity index is 1.59. The molecule has 0 aliphatic carbocycles. The van der Waals surface area contributed by atoms with Crippen molar-refractivity contribution in [3.8, 4) is 11.4 Å². The summed E-state index contributed by atoms with van der Waals surface area (Å²) >= 11 is 0. The number of fused-ring (bicyclic) bond motifs is 3. The van der Waals surface area contributed by atoms with Gasteiger partial charge in [0.25, 0.3) is 0 Å². The van der Waals surface area contributed by atoms with Gasteiger partial charge in [-0.1, -0.05) is 45.0 Å². The van der Waals surface area contributed by atoms with Crippen molar-refractivity contribution in [1.29, 1.82) is 0 Å². The van der Waals surface area contributed by atoms with Crippen molar-refractivity contribution >= 4 is 28.4 Å². The maximum Gasteiger partial charge on any atom is 0.223 e. The van der Waals surface area contributed by atoms with E-state index in [1.807, 2.05) is 33.6 Å². The van der Waals surface area contributed by atoms with E-state index in [-0.39, 0.29) is 23.2 Å². The molecular formula is C26H29FN6O. The average Bonchev–Trinajstić information content (AvgIpc) is 3.23. The standard InChI is InChI=1S/C26H29FN6O/c1-17-16-31(13-14-32(17)22(34)15-26(2,3)4)25-28-21-12-8-6-10-19(21)24-30-29-23(33(24)25)18-9-5-7-11-20(18)27/h5-12,17H,13-16H2,1-4H3. The van der Waals surface area contributed by atoms with E-state index < -0.39 is 0 Å². The largest absolute Gasteiger partial charge is 0.338 e. The molecule has 1 fully saturated rings. The van der Waals surface area contributed by atoms with Crippen LogP contribution in [0.3, 0.4) is 0 Å². The van der Waals surface area contributed by atoms with Crippen LogP contribution in [0, 0.1) is 11.2 Å². The first-order valence-corrected chi connectivity index (χ1v) is 11.7. The Kier molecular flexibility index (Phi) is 5.46. The summed E-state index contributed by atoms with van der Waals surface area (Å²) in [5.74, 6) is 0.890. The van der Waals surface area contributed by atoms with Gasteiger partial charge in [0.05, 0.1) is 11.1 Å². The van der Waals surface area contributed by atoms with Gasteiger partial charge in [-0.2, -0.15) is 0 Å². The lowest BCUT2D eigenvalue weighted by Crippen LogP contribution is -2.55. The Hall–Kier alpha value is -3.55. The highest BCUT2D eigenvalue weighted by molar-refractivity contribution is 5.93. The van der Waals surface area contributed by atoms with Crippen molar-refractivity contribution in [3.05, 3.63) is 54.3 Å². The summed E-state index contributed by atoms with van der Waals surface area (Å²) in [5, 5.41) is 9.67. The molecule has 1 saturated heterocycles. The van der Waals surface area contributed by atoms with Crippen LogP contribution in [0.15, 0.2) is 48.5 Å². The Labute approximate surface area is 198 Å². The molecule has 1 aliphatic heterocycles. The Morgan fingerprint density at radius 1 is 1.06 bits per heavy atom. The smallest absolute Gasteiger partial charge is 0.223 e. The monoisotopic (exact) mass is 460 g/mol. The molecule has 2 aromatic carbocycles. The van der Waals surface area contributed by atoms with Gasteiger partial charge in [-0.25, -0.2) is 13.8 Å². The maximum absolute atomic E-state index is 14.7. The zero-order chi connectivity index (χ0) is 24.0. The normalized spacial score (nSPS) is 17.0. The molecule has 1 aliphatic rings. The summed E-state index contributed by atoms with van der Waals surface area (Å²) in [6, 6.07) is 14.4. The average molecular weight is 461 g/mol. The molecule has 5 rings (SSSR count). The summed E-state index contributed by atoms with van der Waals surface area (Å²) < 4.78 is 16.6. The SMILES string of the molecule is CC1CN(c2nc3ccccc3c3nnc(-c4ccccc4F)n23)CCN1C(=O)CC(C)(C)C. The van der Waals surface area contributed by atoms with E-state index in [4.69, 9.17) is 4.98 Å². The van der Waals surface area contributed by atoms with Gasteiger partial charge in [-0.3, -0.25) is 4.79 Å². The zero-order valence-corrected chi connectivity index (χ0v) is 20.0. The highest BCUT2D eigenvalue weighted by atomic mass is 19.1. The van der Waals surface area contributed by atoms with Gasteiger partial charge >= 0.3 is 0 Å². The highest BCUT2D eigenvalue weighted by Gasteiger charge is 2.32. The summed E-state index contributed by atoms with van der Waals surface area (Å²) in [6.07, 6.45) is 0.513. The van der Waals surface area contributed by atoms with Crippen molar-refractivity contribution < 1.29 is 9.18 Å². The number of hydrogen-bond donors (Lipinski definition) is 0. The summed E-state index contributed by atoms with van der Waals surface area (Å²) in [7, 11) is 0. The molecule has 2 aromatic heterocycles. The molecule has 8 heteroatoms. The fraction of sp³-hybridized carbons (Fsp3) is 0.385. The van der Waals surface area contributed by atoms with Crippen LogP contribution >= 0.6 is 0 Å². The molecule has 0 radical (unpaired) electrons. The number of para-hydroxylation sites is 1. The van der Waals surface area contributed by atoms with Crippen molar-refractivity contribution in [1.82, 2.24) is 24.5 Å². The third-order valence-electron chi connectivity index (χ3n) is 6.26. The number of rotatable bonds is 3. The molecule has 34 heavy (non-hydrogen) atoms. The molecule has 1 unspecified atom stereocenters. The van der Waals surface area contributed by atoms with Gasteiger partial charge in [-0.15, -0.1) is 10.2 Å². The van der Waals surface area contributed by atoms with E-state index in [9.17, 15) is 9.18 Å². The molecule has 1 atom stereocenters.